The molecule has 6 nitrogen and oxygen atoms in total. The third kappa shape index (κ3) is 3.69. The van der Waals surface area contributed by atoms with Gasteiger partial charge in [-0.15, -0.1) is 0 Å². The molecular formula is C22H23Cl2N3O3S. The minimum absolute atomic E-state index is 0.0796. The number of methoxy groups -OCH3 is 1. The van der Waals surface area contributed by atoms with Gasteiger partial charge in [0.2, 0.25) is 5.91 Å². The van der Waals surface area contributed by atoms with Crippen LogP contribution in [0.15, 0.2) is 36.4 Å². The van der Waals surface area contributed by atoms with E-state index in [-0.39, 0.29) is 5.91 Å². The Morgan fingerprint density at radius 3 is 2.58 bits per heavy atom. The molecule has 2 aromatic rings. The number of thiocarbonyl (C=S) groups is 1. The number of carbonyl (C=O) groups is 1. The summed E-state index contributed by atoms with van der Waals surface area (Å²) in [6, 6.07) is 10.7. The highest BCUT2D eigenvalue weighted by Gasteiger charge is 2.59. The standard InChI is InChI=1S/C22H23Cl2N3O3S/c1-22-17(20(28)26(2)3)18(15-9-13(23)10-16(24)19(15)30-22)25-21(31)27(22)11-12-5-7-14(29-4)8-6-12/h5-10,17-18H,11H2,1-4H3,(H,25,31). The largest absolute Gasteiger partial charge is 0.497 e. The van der Waals surface area contributed by atoms with E-state index in [1.54, 1.807) is 38.2 Å². The number of amides is 1. The molecule has 2 heterocycles. The molecule has 1 saturated heterocycles. The predicted molar refractivity (Wildman–Crippen MR) is 125 cm³/mol. The van der Waals surface area contributed by atoms with Crippen molar-refractivity contribution in [1.29, 1.82) is 0 Å². The fourth-order valence-corrected chi connectivity index (χ4v) is 5.19. The van der Waals surface area contributed by atoms with Crippen LogP contribution < -0.4 is 14.8 Å². The Kier molecular flexibility index (Phi) is 5.70. The first-order valence-electron chi connectivity index (χ1n) is 9.76. The number of hydrogen-bond donors (Lipinski definition) is 1. The molecule has 164 valence electrons. The van der Waals surface area contributed by atoms with E-state index in [2.05, 4.69) is 5.32 Å². The number of halogens is 2. The van der Waals surface area contributed by atoms with E-state index in [4.69, 9.17) is 44.9 Å². The van der Waals surface area contributed by atoms with Gasteiger partial charge in [-0.2, -0.15) is 0 Å². The minimum atomic E-state index is -1.06. The van der Waals surface area contributed by atoms with Crippen molar-refractivity contribution in [3.63, 3.8) is 0 Å². The van der Waals surface area contributed by atoms with Crippen LogP contribution in [0.1, 0.15) is 24.1 Å². The van der Waals surface area contributed by atoms with Crippen molar-refractivity contribution in [3.05, 3.63) is 57.6 Å². The second-order valence-corrected chi connectivity index (χ2v) is 9.26. The first kappa shape index (κ1) is 22.0. The predicted octanol–water partition coefficient (Wildman–Crippen LogP) is 4.25. The maximum absolute atomic E-state index is 13.3. The lowest BCUT2D eigenvalue weighted by atomic mass is 9.78. The average Bonchev–Trinajstić information content (AvgIpc) is 2.72. The summed E-state index contributed by atoms with van der Waals surface area (Å²) in [4.78, 5) is 16.8. The summed E-state index contributed by atoms with van der Waals surface area (Å²) >= 11 is 18.5. The summed E-state index contributed by atoms with van der Waals surface area (Å²) in [6.45, 7) is 2.33. The van der Waals surface area contributed by atoms with E-state index in [9.17, 15) is 4.79 Å². The number of benzene rings is 2. The molecule has 3 unspecified atom stereocenters. The van der Waals surface area contributed by atoms with Crippen molar-refractivity contribution in [1.82, 2.24) is 15.1 Å². The number of nitrogens with one attached hydrogen (secondary N) is 1. The maximum Gasteiger partial charge on any atom is 0.233 e. The molecule has 4 rings (SSSR count). The highest BCUT2D eigenvalue weighted by Crippen LogP contribution is 2.52. The Morgan fingerprint density at radius 2 is 1.97 bits per heavy atom. The third-order valence-electron chi connectivity index (χ3n) is 5.86. The second-order valence-electron chi connectivity index (χ2n) is 8.03. The lowest BCUT2D eigenvalue weighted by molar-refractivity contribution is -0.162. The summed E-state index contributed by atoms with van der Waals surface area (Å²) in [5.41, 5.74) is 0.664. The molecule has 31 heavy (non-hydrogen) atoms. The summed E-state index contributed by atoms with van der Waals surface area (Å²) in [7, 11) is 5.09. The smallest absolute Gasteiger partial charge is 0.233 e. The molecule has 1 N–H and O–H groups in total. The number of rotatable bonds is 4. The SMILES string of the molecule is COc1ccc(CN2C(=S)NC3c4cc(Cl)cc(Cl)c4OC2(C)C3C(=O)N(C)C)cc1. The van der Waals surface area contributed by atoms with E-state index >= 15 is 0 Å². The van der Waals surface area contributed by atoms with Gasteiger partial charge in [-0.05, 0) is 49.0 Å². The molecule has 3 atom stereocenters. The van der Waals surface area contributed by atoms with Crippen LogP contribution in [-0.4, -0.2) is 47.7 Å². The Hall–Kier alpha value is -2.22. The Labute approximate surface area is 197 Å². The lowest BCUT2D eigenvalue weighted by Gasteiger charge is -2.56. The van der Waals surface area contributed by atoms with Gasteiger partial charge in [0.25, 0.3) is 0 Å². The van der Waals surface area contributed by atoms with E-state index in [1.807, 2.05) is 36.1 Å². The zero-order valence-electron chi connectivity index (χ0n) is 17.6. The lowest BCUT2D eigenvalue weighted by Crippen LogP contribution is -2.71. The number of nitrogens with zero attached hydrogens (tertiary/aromatic N) is 2. The van der Waals surface area contributed by atoms with Gasteiger partial charge in [-0.3, -0.25) is 4.79 Å². The number of hydrogen-bond acceptors (Lipinski definition) is 4. The molecule has 0 aliphatic carbocycles. The summed E-state index contributed by atoms with van der Waals surface area (Å²) < 4.78 is 11.7. The number of fused-ring (bicyclic) bond motifs is 4. The Bertz CT molecular complexity index is 1050. The van der Waals surface area contributed by atoms with Gasteiger partial charge in [0.1, 0.15) is 17.4 Å². The van der Waals surface area contributed by atoms with E-state index in [0.29, 0.717) is 27.5 Å². The number of ether oxygens (including phenoxy) is 2. The molecule has 0 aromatic heterocycles. The van der Waals surface area contributed by atoms with Crippen LogP contribution in [0.5, 0.6) is 11.5 Å². The van der Waals surface area contributed by atoms with Crippen LogP contribution in [0.25, 0.3) is 0 Å². The first-order chi connectivity index (χ1) is 14.7. The van der Waals surface area contributed by atoms with Crippen LogP contribution in [0.4, 0.5) is 0 Å². The molecule has 1 amide bonds. The van der Waals surface area contributed by atoms with Crippen LogP contribution in [-0.2, 0) is 11.3 Å². The average molecular weight is 480 g/mol. The molecule has 2 bridgehead atoms. The monoisotopic (exact) mass is 479 g/mol. The van der Waals surface area contributed by atoms with Crippen molar-refractivity contribution >= 4 is 46.4 Å². The van der Waals surface area contributed by atoms with E-state index in [1.165, 1.54) is 0 Å². The molecular weight excluding hydrogens is 457 g/mol. The van der Waals surface area contributed by atoms with Crippen LogP contribution >= 0.6 is 35.4 Å². The molecule has 2 aromatic carbocycles. The van der Waals surface area contributed by atoms with E-state index in [0.717, 1.165) is 16.9 Å². The second kappa shape index (κ2) is 8.04. The molecule has 9 heteroatoms. The minimum Gasteiger partial charge on any atom is -0.497 e. The van der Waals surface area contributed by atoms with Gasteiger partial charge in [0, 0.05) is 31.2 Å². The highest BCUT2D eigenvalue weighted by atomic mass is 35.5. The highest BCUT2D eigenvalue weighted by molar-refractivity contribution is 7.80. The first-order valence-corrected chi connectivity index (χ1v) is 10.9. The molecule has 0 spiro atoms. The van der Waals surface area contributed by atoms with Crippen molar-refractivity contribution in [2.75, 3.05) is 21.2 Å². The summed E-state index contributed by atoms with van der Waals surface area (Å²) in [5, 5.41) is 4.71. The Balaban J connectivity index is 1.82. The summed E-state index contributed by atoms with van der Waals surface area (Å²) in [5.74, 6) is 0.621. The molecule has 0 radical (unpaired) electrons. The summed E-state index contributed by atoms with van der Waals surface area (Å²) in [6.07, 6.45) is 0. The zero-order chi connectivity index (χ0) is 22.5. The third-order valence-corrected chi connectivity index (χ3v) is 6.70. The van der Waals surface area contributed by atoms with Gasteiger partial charge in [0.05, 0.1) is 18.2 Å². The maximum atomic E-state index is 13.3. The molecule has 2 aliphatic heterocycles. The normalized spacial score (nSPS) is 24.1. The molecule has 2 aliphatic rings. The van der Waals surface area contributed by atoms with Crippen molar-refractivity contribution in [3.8, 4) is 11.5 Å². The topological polar surface area (TPSA) is 54.0 Å². The van der Waals surface area contributed by atoms with Crippen molar-refractivity contribution < 1.29 is 14.3 Å². The van der Waals surface area contributed by atoms with Gasteiger partial charge in [-0.25, -0.2) is 0 Å². The van der Waals surface area contributed by atoms with Gasteiger partial charge in [-0.1, -0.05) is 35.3 Å². The van der Waals surface area contributed by atoms with E-state index < -0.39 is 17.7 Å². The number of carbonyl (C=O) groups excluding carboxylic acids is 1. The molecule has 1 fully saturated rings. The van der Waals surface area contributed by atoms with Gasteiger partial charge >= 0.3 is 0 Å². The quantitative estimate of drug-likeness (QED) is 0.661. The van der Waals surface area contributed by atoms with Crippen LogP contribution in [0, 0.1) is 5.92 Å². The zero-order valence-corrected chi connectivity index (χ0v) is 19.9. The van der Waals surface area contributed by atoms with Gasteiger partial charge in [0.15, 0.2) is 10.8 Å². The molecule has 0 saturated carbocycles. The van der Waals surface area contributed by atoms with Crippen molar-refractivity contribution in [2.45, 2.75) is 25.2 Å². The fraction of sp³-hybridized carbons (Fsp3) is 0.364. The van der Waals surface area contributed by atoms with Crippen LogP contribution in [0.2, 0.25) is 10.0 Å². The van der Waals surface area contributed by atoms with Crippen molar-refractivity contribution in [2.24, 2.45) is 5.92 Å². The van der Waals surface area contributed by atoms with Crippen LogP contribution in [0.3, 0.4) is 0 Å². The van der Waals surface area contributed by atoms with Gasteiger partial charge < -0.3 is 24.6 Å². The Morgan fingerprint density at radius 1 is 1.29 bits per heavy atom. The fourth-order valence-electron chi connectivity index (χ4n) is 4.27.